The van der Waals surface area contributed by atoms with E-state index in [-0.39, 0.29) is 22.6 Å². The minimum absolute atomic E-state index is 0.00693. The van der Waals surface area contributed by atoms with Gasteiger partial charge >= 0.3 is 6.18 Å². The summed E-state index contributed by atoms with van der Waals surface area (Å²) in [6.45, 7) is 2.31. The third-order valence-electron chi connectivity index (χ3n) is 4.53. The second-order valence-electron chi connectivity index (χ2n) is 6.86. The van der Waals surface area contributed by atoms with Crippen LogP contribution in [0, 0.1) is 17.0 Å². The van der Waals surface area contributed by atoms with E-state index in [2.05, 4.69) is 10.6 Å². The molecule has 9 heteroatoms. The summed E-state index contributed by atoms with van der Waals surface area (Å²) in [4.78, 5) is 23.3. The third kappa shape index (κ3) is 5.59. The maximum Gasteiger partial charge on any atom is 0.416 e. The van der Waals surface area contributed by atoms with Crippen molar-refractivity contribution in [2.24, 2.45) is 0 Å². The molecule has 0 unspecified atom stereocenters. The van der Waals surface area contributed by atoms with Crippen LogP contribution < -0.4 is 10.6 Å². The van der Waals surface area contributed by atoms with Crippen LogP contribution >= 0.6 is 0 Å². The smallest absolute Gasteiger partial charge is 0.375 e. The highest BCUT2D eigenvalue weighted by Crippen LogP contribution is 2.30. The molecule has 1 amide bonds. The number of aryl methyl sites for hydroxylation is 1. The van der Waals surface area contributed by atoms with E-state index in [4.69, 9.17) is 0 Å². The van der Waals surface area contributed by atoms with Gasteiger partial charge in [-0.3, -0.25) is 14.9 Å². The summed E-state index contributed by atoms with van der Waals surface area (Å²) in [5.74, 6) is -0.673. The number of hydrogen-bond donors (Lipinski definition) is 2. The fourth-order valence-electron chi connectivity index (χ4n) is 2.82. The van der Waals surface area contributed by atoms with Crippen LogP contribution in [0.5, 0.6) is 0 Å². The maximum absolute atomic E-state index is 12.6. The van der Waals surface area contributed by atoms with Gasteiger partial charge in [-0.15, -0.1) is 0 Å². The summed E-state index contributed by atoms with van der Waals surface area (Å²) >= 11 is 0. The van der Waals surface area contributed by atoms with Crippen molar-refractivity contribution < 1.29 is 22.9 Å². The molecular weight excluding hydrogens is 411 g/mol. The van der Waals surface area contributed by atoms with E-state index < -0.39 is 22.6 Å². The number of alkyl halides is 3. The predicted molar refractivity (Wildman–Crippen MR) is 111 cm³/mol. The van der Waals surface area contributed by atoms with Gasteiger partial charge in [0.1, 0.15) is 5.69 Å². The van der Waals surface area contributed by atoms with Gasteiger partial charge in [-0.05, 0) is 48.9 Å². The summed E-state index contributed by atoms with van der Waals surface area (Å²) in [5, 5.41) is 16.9. The molecule has 3 rings (SSSR count). The Balaban J connectivity index is 1.74. The van der Waals surface area contributed by atoms with Crippen molar-refractivity contribution in [2.75, 3.05) is 10.6 Å². The van der Waals surface area contributed by atoms with Gasteiger partial charge in [0.25, 0.3) is 11.6 Å². The number of benzene rings is 3. The first-order valence-electron chi connectivity index (χ1n) is 9.20. The fourth-order valence-corrected chi connectivity index (χ4v) is 2.82. The van der Waals surface area contributed by atoms with Crippen LogP contribution in [0.3, 0.4) is 0 Å². The van der Waals surface area contributed by atoms with Crippen molar-refractivity contribution >= 4 is 23.0 Å². The van der Waals surface area contributed by atoms with Gasteiger partial charge in [0, 0.05) is 23.9 Å². The molecule has 0 radical (unpaired) electrons. The van der Waals surface area contributed by atoms with Gasteiger partial charge in [0.2, 0.25) is 0 Å². The number of rotatable bonds is 6. The monoisotopic (exact) mass is 429 g/mol. The standard InChI is InChI=1S/C22H18F3N3O3/c1-14-2-4-15(5-3-14)13-26-19-11-6-16(12-20(19)28(30)31)21(29)27-18-9-7-17(8-10-18)22(23,24)25/h2-12,26H,13H2,1H3,(H,27,29). The molecule has 0 aliphatic carbocycles. The van der Waals surface area contributed by atoms with Crippen molar-refractivity contribution in [3.05, 3.63) is 99.1 Å². The second-order valence-corrected chi connectivity index (χ2v) is 6.86. The molecule has 0 saturated carbocycles. The van der Waals surface area contributed by atoms with E-state index in [1.54, 1.807) is 0 Å². The number of nitrogens with zero attached hydrogens (tertiary/aromatic N) is 1. The molecule has 0 atom stereocenters. The van der Waals surface area contributed by atoms with Crippen LogP contribution in [0.15, 0.2) is 66.7 Å². The van der Waals surface area contributed by atoms with Crippen LogP contribution in [-0.4, -0.2) is 10.8 Å². The highest BCUT2D eigenvalue weighted by atomic mass is 19.4. The fraction of sp³-hybridized carbons (Fsp3) is 0.136. The number of nitrogens with one attached hydrogen (secondary N) is 2. The number of anilines is 2. The van der Waals surface area contributed by atoms with E-state index >= 15 is 0 Å². The second kappa shape index (κ2) is 8.86. The Labute approximate surface area is 175 Å². The Morgan fingerprint density at radius 2 is 1.65 bits per heavy atom. The van der Waals surface area contributed by atoms with Gasteiger partial charge in [0.15, 0.2) is 0 Å². The van der Waals surface area contributed by atoms with Crippen molar-refractivity contribution in [3.63, 3.8) is 0 Å². The number of halogens is 3. The van der Waals surface area contributed by atoms with E-state index in [9.17, 15) is 28.1 Å². The minimum Gasteiger partial charge on any atom is -0.375 e. The molecule has 0 aliphatic rings. The van der Waals surface area contributed by atoms with Crippen molar-refractivity contribution in [1.29, 1.82) is 0 Å². The molecule has 0 spiro atoms. The highest BCUT2D eigenvalue weighted by molar-refractivity contribution is 6.05. The predicted octanol–water partition coefficient (Wildman–Crippen LogP) is 5.79. The van der Waals surface area contributed by atoms with Gasteiger partial charge in [0.05, 0.1) is 10.5 Å². The molecule has 0 aromatic heterocycles. The third-order valence-corrected chi connectivity index (χ3v) is 4.53. The molecule has 0 bridgehead atoms. The summed E-state index contributed by atoms with van der Waals surface area (Å²) < 4.78 is 37.9. The zero-order valence-corrected chi connectivity index (χ0v) is 16.4. The zero-order valence-electron chi connectivity index (χ0n) is 16.4. The van der Waals surface area contributed by atoms with E-state index in [0.29, 0.717) is 6.54 Å². The summed E-state index contributed by atoms with van der Waals surface area (Å²) in [6, 6.07) is 15.5. The minimum atomic E-state index is -4.48. The molecular formula is C22H18F3N3O3. The van der Waals surface area contributed by atoms with Gasteiger partial charge in [-0.2, -0.15) is 13.2 Å². The lowest BCUT2D eigenvalue weighted by Gasteiger charge is -2.11. The molecule has 0 fully saturated rings. The lowest BCUT2D eigenvalue weighted by atomic mass is 10.1. The first kappa shape index (κ1) is 21.8. The molecule has 3 aromatic rings. The number of carbonyl (C=O) groups is 1. The Hall–Kier alpha value is -3.88. The average molecular weight is 429 g/mol. The quantitative estimate of drug-likeness (QED) is 0.384. The molecule has 160 valence electrons. The molecule has 2 N–H and O–H groups in total. The Kier molecular flexibility index (Phi) is 6.24. The number of nitro groups is 1. The normalized spacial score (nSPS) is 11.1. The van der Waals surface area contributed by atoms with Gasteiger partial charge in [-0.1, -0.05) is 29.8 Å². The largest absolute Gasteiger partial charge is 0.416 e. The van der Waals surface area contributed by atoms with Crippen LogP contribution in [0.1, 0.15) is 27.0 Å². The summed E-state index contributed by atoms with van der Waals surface area (Å²) in [7, 11) is 0. The van der Waals surface area contributed by atoms with Crippen molar-refractivity contribution in [1.82, 2.24) is 0 Å². The number of carbonyl (C=O) groups excluding carboxylic acids is 1. The first-order valence-corrected chi connectivity index (χ1v) is 9.20. The number of hydrogen-bond acceptors (Lipinski definition) is 4. The Morgan fingerprint density at radius 1 is 1.00 bits per heavy atom. The molecule has 31 heavy (non-hydrogen) atoms. The van der Waals surface area contributed by atoms with Crippen molar-refractivity contribution in [2.45, 2.75) is 19.6 Å². The molecule has 0 aliphatic heterocycles. The topological polar surface area (TPSA) is 84.3 Å². The number of nitro benzene ring substituents is 1. The first-order chi connectivity index (χ1) is 14.6. The zero-order chi connectivity index (χ0) is 22.6. The molecule has 0 saturated heterocycles. The van der Waals surface area contributed by atoms with E-state index in [1.807, 2.05) is 31.2 Å². The summed E-state index contributed by atoms with van der Waals surface area (Å²) in [5.41, 5.74) is 1.30. The van der Waals surface area contributed by atoms with Crippen LogP contribution in [0.4, 0.5) is 30.2 Å². The molecule has 6 nitrogen and oxygen atoms in total. The molecule has 0 heterocycles. The number of amides is 1. The van der Waals surface area contributed by atoms with Gasteiger partial charge in [-0.25, -0.2) is 0 Å². The van der Waals surface area contributed by atoms with Gasteiger partial charge < -0.3 is 10.6 Å². The van der Waals surface area contributed by atoms with E-state index in [0.717, 1.165) is 41.5 Å². The van der Waals surface area contributed by atoms with E-state index in [1.165, 1.54) is 12.1 Å². The Bertz CT molecular complexity index is 1100. The van der Waals surface area contributed by atoms with Crippen molar-refractivity contribution in [3.8, 4) is 0 Å². The molecule has 3 aromatic carbocycles. The lowest BCUT2D eigenvalue weighted by molar-refractivity contribution is -0.384. The highest BCUT2D eigenvalue weighted by Gasteiger charge is 2.30. The Morgan fingerprint density at radius 3 is 2.23 bits per heavy atom. The van der Waals surface area contributed by atoms with Crippen LogP contribution in [-0.2, 0) is 12.7 Å². The van der Waals surface area contributed by atoms with Crippen LogP contribution in [0.2, 0.25) is 0 Å². The van der Waals surface area contributed by atoms with Crippen LogP contribution in [0.25, 0.3) is 0 Å². The summed E-state index contributed by atoms with van der Waals surface area (Å²) in [6.07, 6.45) is -4.48. The maximum atomic E-state index is 12.6. The average Bonchev–Trinajstić information content (AvgIpc) is 2.73. The lowest BCUT2D eigenvalue weighted by Crippen LogP contribution is -2.13. The SMILES string of the molecule is Cc1ccc(CNc2ccc(C(=O)Nc3ccc(C(F)(F)F)cc3)cc2[N+](=O)[O-])cc1.